The van der Waals surface area contributed by atoms with E-state index in [2.05, 4.69) is 65.7 Å². The third-order valence-electron chi connectivity index (χ3n) is 8.74. The molecule has 43 heavy (non-hydrogen) atoms. The van der Waals surface area contributed by atoms with Crippen molar-refractivity contribution >= 4 is 22.8 Å². The molecule has 4 aromatic heterocycles. The van der Waals surface area contributed by atoms with Gasteiger partial charge >= 0.3 is 0 Å². The van der Waals surface area contributed by atoms with Gasteiger partial charge in [0.1, 0.15) is 23.5 Å². The van der Waals surface area contributed by atoms with E-state index in [1.807, 2.05) is 54.7 Å². The molecule has 0 spiro atoms. The highest BCUT2D eigenvalue weighted by Crippen LogP contribution is 2.34. The predicted molar refractivity (Wildman–Crippen MR) is 169 cm³/mol. The molecule has 9 heteroatoms. The van der Waals surface area contributed by atoms with E-state index in [4.69, 9.17) is 15.7 Å². The number of imidazole rings is 1. The minimum Gasteiger partial charge on any atom is -0.383 e. The molecule has 2 bridgehead atoms. The molecule has 0 saturated carbocycles. The van der Waals surface area contributed by atoms with Gasteiger partial charge in [-0.1, -0.05) is 42.5 Å². The summed E-state index contributed by atoms with van der Waals surface area (Å²) in [7, 11) is 0. The maximum atomic E-state index is 6.35. The van der Waals surface area contributed by atoms with E-state index in [-0.39, 0.29) is 0 Å². The Morgan fingerprint density at radius 1 is 0.767 bits per heavy atom. The highest BCUT2D eigenvalue weighted by molar-refractivity contribution is 5.84. The number of piperazine rings is 1. The number of pyridine rings is 2. The van der Waals surface area contributed by atoms with E-state index in [0.29, 0.717) is 17.9 Å². The molecule has 0 amide bonds. The minimum atomic E-state index is 0.440. The van der Waals surface area contributed by atoms with Crippen LogP contribution in [0.25, 0.3) is 39.5 Å². The van der Waals surface area contributed by atoms with Crippen molar-refractivity contribution in [2.45, 2.75) is 31.5 Å². The number of piperidine rings is 2. The Morgan fingerprint density at radius 3 is 2.40 bits per heavy atom. The minimum absolute atomic E-state index is 0.440. The van der Waals surface area contributed by atoms with Crippen LogP contribution in [0.4, 0.5) is 11.6 Å². The van der Waals surface area contributed by atoms with Crippen LogP contribution in [-0.4, -0.2) is 59.6 Å². The van der Waals surface area contributed by atoms with Gasteiger partial charge in [0.25, 0.3) is 0 Å². The summed E-state index contributed by atoms with van der Waals surface area (Å²) in [5.41, 5.74) is 12.9. The summed E-state index contributed by atoms with van der Waals surface area (Å²) in [6, 6.07) is 29.9. The van der Waals surface area contributed by atoms with Gasteiger partial charge in [-0.15, -0.1) is 0 Å². The Balaban J connectivity index is 1.12. The Bertz CT molecular complexity index is 1890. The topological polar surface area (TPSA) is 102 Å². The lowest BCUT2D eigenvalue weighted by atomic mass is 9.90. The molecule has 2 atom stereocenters. The molecular weight excluding hydrogens is 534 g/mol. The number of nitrogen functional groups attached to an aromatic ring is 1. The van der Waals surface area contributed by atoms with Crippen molar-refractivity contribution in [2.24, 2.45) is 0 Å². The highest BCUT2D eigenvalue weighted by Gasteiger charge is 2.39. The molecule has 0 aliphatic carbocycles. The van der Waals surface area contributed by atoms with Crippen LogP contribution < -0.4 is 10.6 Å². The summed E-state index contributed by atoms with van der Waals surface area (Å²) in [5.74, 6) is 2.20. The fourth-order valence-electron chi connectivity index (χ4n) is 6.59. The van der Waals surface area contributed by atoms with Gasteiger partial charge in [0.15, 0.2) is 11.5 Å². The largest absolute Gasteiger partial charge is 0.383 e. The molecule has 2 unspecified atom stereocenters. The van der Waals surface area contributed by atoms with Gasteiger partial charge in [-0.2, -0.15) is 0 Å². The first-order chi connectivity index (χ1) is 21.2. The molecule has 9 nitrogen and oxygen atoms in total. The van der Waals surface area contributed by atoms with Gasteiger partial charge in [-0.05, 0) is 60.9 Å². The third kappa shape index (κ3) is 4.67. The molecule has 212 valence electrons. The summed E-state index contributed by atoms with van der Waals surface area (Å²) in [4.78, 5) is 28.1. The molecule has 7 heterocycles. The lowest BCUT2D eigenvalue weighted by Gasteiger charge is -2.52. The number of nitrogens with zero attached hydrogens (tertiary/aromatic N) is 8. The summed E-state index contributed by atoms with van der Waals surface area (Å²) in [6.07, 6.45) is 7.60. The second-order valence-electron chi connectivity index (χ2n) is 11.3. The zero-order chi connectivity index (χ0) is 28.8. The van der Waals surface area contributed by atoms with Crippen molar-refractivity contribution in [3.63, 3.8) is 0 Å². The number of hydrogen-bond acceptors (Lipinski definition) is 8. The average Bonchev–Trinajstić information content (AvgIpc) is 3.45. The molecule has 9 rings (SSSR count). The standard InChI is InChI=1S/C34H31N9/c35-32-28(7-4-17-37-32)33-40-30-15-14-29(24-5-2-1-3-6-24)39-34(30)43(33)25-10-8-23(9-11-25)19-41-20-27-13-12-26(41)21-42(27)31-16-18-36-22-38-31/h1-11,14-18,22,26-27H,12-13,19-21H2,(H2,35,37). The van der Waals surface area contributed by atoms with Crippen molar-refractivity contribution in [1.29, 1.82) is 0 Å². The van der Waals surface area contributed by atoms with Gasteiger partial charge < -0.3 is 10.6 Å². The van der Waals surface area contributed by atoms with Crippen LogP contribution in [0.5, 0.6) is 0 Å². The van der Waals surface area contributed by atoms with Crippen molar-refractivity contribution < 1.29 is 0 Å². The zero-order valence-electron chi connectivity index (χ0n) is 23.7. The van der Waals surface area contributed by atoms with Crippen LogP contribution in [0.2, 0.25) is 0 Å². The second-order valence-corrected chi connectivity index (χ2v) is 11.3. The number of benzene rings is 2. The summed E-state index contributed by atoms with van der Waals surface area (Å²) < 4.78 is 2.10. The van der Waals surface area contributed by atoms with Crippen LogP contribution in [0, 0.1) is 0 Å². The number of fused-ring (bicyclic) bond motifs is 4. The van der Waals surface area contributed by atoms with Gasteiger partial charge in [0.2, 0.25) is 0 Å². The summed E-state index contributed by atoms with van der Waals surface area (Å²) >= 11 is 0. The lowest BCUT2D eigenvalue weighted by Crippen LogP contribution is -2.62. The summed E-state index contributed by atoms with van der Waals surface area (Å²) in [6.45, 7) is 2.97. The smallest absolute Gasteiger partial charge is 0.165 e. The van der Waals surface area contributed by atoms with E-state index < -0.39 is 0 Å². The van der Waals surface area contributed by atoms with E-state index in [1.54, 1.807) is 12.5 Å². The molecule has 3 aliphatic heterocycles. The van der Waals surface area contributed by atoms with Crippen LogP contribution in [-0.2, 0) is 6.54 Å². The Labute approximate surface area is 249 Å². The predicted octanol–water partition coefficient (Wildman–Crippen LogP) is 5.37. The Hall–Kier alpha value is -5.15. The Morgan fingerprint density at radius 2 is 1.63 bits per heavy atom. The first-order valence-electron chi connectivity index (χ1n) is 14.7. The van der Waals surface area contributed by atoms with Crippen molar-refractivity contribution in [2.75, 3.05) is 23.7 Å². The zero-order valence-corrected chi connectivity index (χ0v) is 23.7. The van der Waals surface area contributed by atoms with E-state index in [1.165, 1.54) is 18.4 Å². The number of nitrogens with two attached hydrogens (primary N) is 1. The third-order valence-corrected chi connectivity index (χ3v) is 8.74. The molecule has 0 radical (unpaired) electrons. The highest BCUT2D eigenvalue weighted by atomic mass is 15.3. The quantitative estimate of drug-likeness (QED) is 0.287. The van der Waals surface area contributed by atoms with Crippen LogP contribution in [0.3, 0.4) is 0 Å². The van der Waals surface area contributed by atoms with E-state index in [0.717, 1.165) is 64.9 Å². The monoisotopic (exact) mass is 565 g/mol. The average molecular weight is 566 g/mol. The molecular formula is C34H31N9. The summed E-state index contributed by atoms with van der Waals surface area (Å²) in [5, 5.41) is 0. The van der Waals surface area contributed by atoms with Crippen molar-refractivity contribution in [3.05, 3.63) is 109 Å². The lowest BCUT2D eigenvalue weighted by molar-refractivity contribution is 0.0885. The first-order valence-corrected chi connectivity index (χ1v) is 14.7. The van der Waals surface area contributed by atoms with E-state index >= 15 is 0 Å². The molecule has 3 fully saturated rings. The molecule has 3 aliphatic rings. The van der Waals surface area contributed by atoms with E-state index in [9.17, 15) is 0 Å². The van der Waals surface area contributed by atoms with Gasteiger partial charge in [0.05, 0.1) is 11.3 Å². The maximum absolute atomic E-state index is 6.35. The fraction of sp³-hybridized carbons (Fsp3) is 0.206. The van der Waals surface area contributed by atoms with Crippen LogP contribution in [0.15, 0.2) is 104 Å². The van der Waals surface area contributed by atoms with Crippen molar-refractivity contribution in [1.82, 2.24) is 34.4 Å². The Kier molecular flexibility index (Phi) is 6.30. The maximum Gasteiger partial charge on any atom is 0.165 e. The van der Waals surface area contributed by atoms with Gasteiger partial charge in [0, 0.05) is 55.4 Å². The number of rotatable bonds is 6. The second kappa shape index (κ2) is 10.6. The molecule has 2 N–H and O–H groups in total. The first kappa shape index (κ1) is 25.6. The fourth-order valence-corrected chi connectivity index (χ4v) is 6.59. The normalized spacial score (nSPS) is 18.4. The van der Waals surface area contributed by atoms with Crippen LogP contribution in [0.1, 0.15) is 18.4 Å². The molecule has 3 saturated heterocycles. The van der Waals surface area contributed by atoms with Gasteiger partial charge in [-0.25, -0.2) is 24.9 Å². The van der Waals surface area contributed by atoms with Crippen LogP contribution >= 0.6 is 0 Å². The van der Waals surface area contributed by atoms with Crippen molar-refractivity contribution in [3.8, 4) is 28.3 Å². The molecule has 6 aromatic rings. The SMILES string of the molecule is Nc1ncccc1-c1nc2ccc(-c3ccccc3)nc2n1-c1ccc(CN2CC3CCC2CN3c2ccncn2)cc1. The number of aromatic nitrogens is 6. The molecule has 2 aromatic carbocycles. The van der Waals surface area contributed by atoms with Gasteiger partial charge in [-0.3, -0.25) is 9.47 Å². The number of anilines is 2. The number of hydrogen-bond donors (Lipinski definition) is 1.